The maximum Gasteiger partial charge on any atom is 0.0704 e. The van der Waals surface area contributed by atoms with Gasteiger partial charge >= 0.3 is 0 Å². The molecule has 1 aromatic carbocycles. The first-order valence-corrected chi connectivity index (χ1v) is 8.14. The zero-order valence-corrected chi connectivity index (χ0v) is 12.5. The summed E-state index contributed by atoms with van der Waals surface area (Å²) in [7, 11) is 0. The number of para-hydroxylation sites is 1. The van der Waals surface area contributed by atoms with Gasteiger partial charge in [-0.25, -0.2) is 0 Å². The van der Waals surface area contributed by atoms with Gasteiger partial charge in [0.1, 0.15) is 0 Å². The minimum atomic E-state index is 0.542. The molecule has 2 nitrogen and oxygen atoms in total. The highest BCUT2D eigenvalue weighted by atomic mass is 32.2. The van der Waals surface area contributed by atoms with Crippen molar-refractivity contribution in [1.82, 2.24) is 10.3 Å². The molecule has 0 fully saturated rings. The molecule has 102 valence electrons. The fourth-order valence-electron chi connectivity index (χ4n) is 2.34. The molecule has 0 bridgehead atoms. The van der Waals surface area contributed by atoms with E-state index in [2.05, 4.69) is 48.4 Å². The van der Waals surface area contributed by atoms with E-state index in [0.29, 0.717) is 6.04 Å². The van der Waals surface area contributed by atoms with E-state index >= 15 is 0 Å². The second kappa shape index (κ2) is 7.51. The Balaban J connectivity index is 2.18. The molecule has 0 saturated heterocycles. The van der Waals surface area contributed by atoms with E-state index < -0.39 is 0 Å². The number of rotatable bonds is 7. The second-order valence-electron chi connectivity index (χ2n) is 4.61. The van der Waals surface area contributed by atoms with Crippen LogP contribution in [0.15, 0.2) is 36.5 Å². The molecule has 1 N–H and O–H groups in total. The van der Waals surface area contributed by atoms with E-state index in [1.54, 1.807) is 0 Å². The molecule has 3 heteroatoms. The predicted octanol–water partition coefficient (Wildman–Crippen LogP) is 3.51. The van der Waals surface area contributed by atoms with Gasteiger partial charge in [-0.15, -0.1) is 0 Å². The third kappa shape index (κ3) is 3.95. The molecule has 19 heavy (non-hydrogen) atoms. The van der Waals surface area contributed by atoms with Gasteiger partial charge in [0.15, 0.2) is 0 Å². The van der Waals surface area contributed by atoms with Crippen molar-refractivity contribution in [3.63, 3.8) is 0 Å². The van der Waals surface area contributed by atoms with Gasteiger partial charge in [-0.1, -0.05) is 32.0 Å². The number of benzene rings is 1. The minimum Gasteiger partial charge on any atom is -0.313 e. The van der Waals surface area contributed by atoms with Crippen LogP contribution in [-0.2, 0) is 6.42 Å². The number of hydrogen-bond donors (Lipinski definition) is 1. The SMILES string of the molecule is CCNC(CSCC)Cc1ccnc2ccccc12. The Hall–Kier alpha value is -1.06. The van der Waals surface area contributed by atoms with Crippen LogP contribution in [0.3, 0.4) is 0 Å². The van der Waals surface area contributed by atoms with Gasteiger partial charge in [-0.2, -0.15) is 11.8 Å². The summed E-state index contributed by atoms with van der Waals surface area (Å²) >= 11 is 2.00. The molecule has 0 aliphatic heterocycles. The van der Waals surface area contributed by atoms with Crippen molar-refractivity contribution < 1.29 is 0 Å². The van der Waals surface area contributed by atoms with Gasteiger partial charge in [-0.05, 0) is 36.4 Å². The van der Waals surface area contributed by atoms with Crippen molar-refractivity contribution >= 4 is 22.7 Å². The highest BCUT2D eigenvalue weighted by Gasteiger charge is 2.10. The predicted molar refractivity (Wildman–Crippen MR) is 85.9 cm³/mol. The average molecular weight is 274 g/mol. The zero-order valence-electron chi connectivity index (χ0n) is 11.7. The van der Waals surface area contributed by atoms with Crippen LogP contribution in [0.4, 0.5) is 0 Å². The van der Waals surface area contributed by atoms with Crippen LogP contribution >= 0.6 is 11.8 Å². The molecular formula is C16H22N2S. The number of pyridine rings is 1. The lowest BCUT2D eigenvalue weighted by Gasteiger charge is -2.18. The molecule has 0 radical (unpaired) electrons. The number of aromatic nitrogens is 1. The quantitative estimate of drug-likeness (QED) is 0.836. The van der Waals surface area contributed by atoms with Crippen LogP contribution in [0, 0.1) is 0 Å². The van der Waals surface area contributed by atoms with E-state index in [0.717, 1.165) is 18.5 Å². The first-order chi connectivity index (χ1) is 9.35. The molecule has 0 spiro atoms. The molecule has 1 aromatic heterocycles. The maximum atomic E-state index is 4.43. The van der Waals surface area contributed by atoms with E-state index in [1.807, 2.05) is 24.0 Å². The van der Waals surface area contributed by atoms with Gasteiger partial charge in [0.25, 0.3) is 0 Å². The first-order valence-electron chi connectivity index (χ1n) is 6.99. The van der Waals surface area contributed by atoms with Crippen molar-refractivity contribution in [3.05, 3.63) is 42.1 Å². The molecule has 0 amide bonds. The Morgan fingerprint density at radius 1 is 1.21 bits per heavy atom. The van der Waals surface area contributed by atoms with Gasteiger partial charge in [0.2, 0.25) is 0 Å². The molecule has 1 heterocycles. The van der Waals surface area contributed by atoms with Gasteiger partial charge in [0.05, 0.1) is 5.52 Å². The topological polar surface area (TPSA) is 24.9 Å². The van der Waals surface area contributed by atoms with E-state index in [-0.39, 0.29) is 0 Å². The number of likely N-dealkylation sites (N-methyl/N-ethyl adjacent to an activating group) is 1. The summed E-state index contributed by atoms with van der Waals surface area (Å²) < 4.78 is 0. The Morgan fingerprint density at radius 2 is 2.05 bits per heavy atom. The van der Waals surface area contributed by atoms with E-state index in [9.17, 15) is 0 Å². The van der Waals surface area contributed by atoms with Crippen molar-refractivity contribution in [1.29, 1.82) is 0 Å². The van der Waals surface area contributed by atoms with Crippen molar-refractivity contribution in [3.8, 4) is 0 Å². The molecule has 2 aromatic rings. The summed E-state index contributed by atoms with van der Waals surface area (Å²) in [5.41, 5.74) is 2.49. The summed E-state index contributed by atoms with van der Waals surface area (Å²) in [6, 6.07) is 11.1. The monoisotopic (exact) mass is 274 g/mol. The van der Waals surface area contributed by atoms with Gasteiger partial charge in [0, 0.05) is 23.4 Å². The van der Waals surface area contributed by atoms with Crippen molar-refractivity contribution in [2.45, 2.75) is 26.3 Å². The van der Waals surface area contributed by atoms with Crippen molar-refractivity contribution in [2.24, 2.45) is 0 Å². The van der Waals surface area contributed by atoms with Gasteiger partial charge in [-0.3, -0.25) is 4.98 Å². The fourth-order valence-corrected chi connectivity index (χ4v) is 3.09. The Labute approximate surface area is 120 Å². The number of thioether (sulfide) groups is 1. The lowest BCUT2D eigenvalue weighted by molar-refractivity contribution is 0.574. The molecule has 0 saturated carbocycles. The van der Waals surface area contributed by atoms with Crippen LogP contribution in [0.1, 0.15) is 19.4 Å². The normalized spacial score (nSPS) is 12.7. The number of nitrogens with zero attached hydrogens (tertiary/aromatic N) is 1. The highest BCUT2D eigenvalue weighted by Crippen LogP contribution is 2.18. The molecule has 2 rings (SSSR count). The van der Waals surface area contributed by atoms with E-state index in [4.69, 9.17) is 0 Å². The Kier molecular flexibility index (Phi) is 5.67. The number of fused-ring (bicyclic) bond motifs is 1. The lowest BCUT2D eigenvalue weighted by Crippen LogP contribution is -2.33. The van der Waals surface area contributed by atoms with Crippen LogP contribution in [0.5, 0.6) is 0 Å². The number of hydrogen-bond acceptors (Lipinski definition) is 3. The van der Waals surface area contributed by atoms with Crippen LogP contribution in [0.25, 0.3) is 10.9 Å². The molecule has 0 aliphatic carbocycles. The summed E-state index contributed by atoms with van der Waals surface area (Å²) in [6.07, 6.45) is 3.00. The zero-order chi connectivity index (χ0) is 13.5. The molecular weight excluding hydrogens is 252 g/mol. The minimum absolute atomic E-state index is 0.542. The smallest absolute Gasteiger partial charge is 0.0704 e. The first kappa shape index (κ1) is 14.4. The fraction of sp³-hybridized carbons (Fsp3) is 0.438. The summed E-state index contributed by atoms with van der Waals surface area (Å²) in [4.78, 5) is 4.43. The van der Waals surface area contributed by atoms with Crippen LogP contribution in [0.2, 0.25) is 0 Å². The maximum absolute atomic E-state index is 4.43. The molecule has 1 unspecified atom stereocenters. The van der Waals surface area contributed by atoms with E-state index in [1.165, 1.54) is 22.5 Å². The molecule has 1 atom stereocenters. The van der Waals surface area contributed by atoms with Crippen molar-refractivity contribution in [2.75, 3.05) is 18.1 Å². The van der Waals surface area contributed by atoms with Crippen LogP contribution in [-0.4, -0.2) is 29.1 Å². The van der Waals surface area contributed by atoms with Crippen LogP contribution < -0.4 is 5.32 Å². The summed E-state index contributed by atoms with van der Waals surface area (Å²) in [6.45, 7) is 5.42. The third-order valence-corrected chi connectivity index (χ3v) is 4.27. The summed E-state index contributed by atoms with van der Waals surface area (Å²) in [5, 5.41) is 4.88. The largest absolute Gasteiger partial charge is 0.313 e. The Morgan fingerprint density at radius 3 is 2.84 bits per heavy atom. The van der Waals surface area contributed by atoms with Gasteiger partial charge < -0.3 is 5.32 Å². The number of nitrogens with one attached hydrogen (secondary N) is 1. The summed E-state index contributed by atoms with van der Waals surface area (Å²) in [5.74, 6) is 2.35. The Bertz CT molecular complexity index is 508. The standard InChI is InChI=1S/C16H22N2S/c1-3-17-14(12-19-4-2)11-13-9-10-18-16-8-6-5-7-15(13)16/h5-10,14,17H,3-4,11-12H2,1-2H3. The third-order valence-electron chi connectivity index (χ3n) is 3.22. The lowest BCUT2D eigenvalue weighted by atomic mass is 10.0. The highest BCUT2D eigenvalue weighted by molar-refractivity contribution is 7.99. The average Bonchev–Trinajstić information content (AvgIpc) is 2.45. The molecule has 0 aliphatic rings. The second-order valence-corrected chi connectivity index (χ2v) is 5.92.